The highest BCUT2D eigenvalue weighted by molar-refractivity contribution is 5.98. The highest BCUT2D eigenvalue weighted by Crippen LogP contribution is 2.28. The van der Waals surface area contributed by atoms with E-state index in [4.69, 9.17) is 15.2 Å². The molecule has 1 aromatic carbocycles. The minimum absolute atomic E-state index is 0.0565. The van der Waals surface area contributed by atoms with E-state index in [1.807, 2.05) is 6.92 Å². The van der Waals surface area contributed by atoms with Crippen molar-refractivity contribution in [2.75, 3.05) is 26.5 Å². The molecule has 0 spiro atoms. The van der Waals surface area contributed by atoms with E-state index in [0.717, 1.165) is 6.42 Å². The van der Waals surface area contributed by atoms with E-state index in [-0.39, 0.29) is 18.1 Å². The fourth-order valence-electron chi connectivity index (χ4n) is 2.52. The van der Waals surface area contributed by atoms with Crippen LogP contribution in [0.4, 0.5) is 5.69 Å². The number of methoxy groups -OCH3 is 1. The molecular formula is C14H20N2O3. The summed E-state index contributed by atoms with van der Waals surface area (Å²) in [5.41, 5.74) is 6.79. The van der Waals surface area contributed by atoms with Crippen LogP contribution in [0.25, 0.3) is 0 Å². The number of benzene rings is 1. The van der Waals surface area contributed by atoms with Gasteiger partial charge in [-0.05, 0) is 25.5 Å². The first-order valence-corrected chi connectivity index (χ1v) is 6.37. The Bertz CT molecular complexity index is 476. The number of anilines is 1. The maximum atomic E-state index is 12.5. The van der Waals surface area contributed by atoms with Gasteiger partial charge in [-0.3, -0.25) is 4.79 Å². The molecule has 2 N–H and O–H groups in total. The van der Waals surface area contributed by atoms with E-state index in [1.54, 1.807) is 30.1 Å². The predicted octanol–water partition coefficient (Wildman–Crippen LogP) is 1.53. The minimum atomic E-state index is -0.0912. The Hall–Kier alpha value is -1.75. The summed E-state index contributed by atoms with van der Waals surface area (Å²) in [6.07, 6.45) is 0.912. The second-order valence-corrected chi connectivity index (χ2v) is 4.78. The maximum absolute atomic E-state index is 12.5. The van der Waals surface area contributed by atoms with Gasteiger partial charge < -0.3 is 20.1 Å². The molecular weight excluding hydrogens is 244 g/mol. The summed E-state index contributed by atoms with van der Waals surface area (Å²) in [6.45, 7) is 2.68. The van der Waals surface area contributed by atoms with Crippen LogP contribution in [-0.4, -0.2) is 43.7 Å². The van der Waals surface area contributed by atoms with Crippen LogP contribution in [0.15, 0.2) is 18.2 Å². The monoisotopic (exact) mass is 264 g/mol. The lowest BCUT2D eigenvalue weighted by molar-refractivity contribution is 0.0572. The lowest BCUT2D eigenvalue weighted by Crippen LogP contribution is -2.41. The second-order valence-electron chi connectivity index (χ2n) is 4.78. The van der Waals surface area contributed by atoms with Crippen molar-refractivity contribution >= 4 is 11.6 Å². The molecule has 2 unspecified atom stereocenters. The summed E-state index contributed by atoms with van der Waals surface area (Å²) < 4.78 is 10.7. The maximum Gasteiger partial charge on any atom is 0.257 e. The van der Waals surface area contributed by atoms with Gasteiger partial charge >= 0.3 is 0 Å². The normalized spacial score (nSPS) is 22.3. The number of ether oxygens (including phenoxy) is 2. The zero-order valence-electron chi connectivity index (χ0n) is 11.6. The first-order chi connectivity index (χ1) is 9.06. The molecule has 104 valence electrons. The smallest absolute Gasteiger partial charge is 0.257 e. The van der Waals surface area contributed by atoms with Gasteiger partial charge in [-0.25, -0.2) is 0 Å². The van der Waals surface area contributed by atoms with E-state index >= 15 is 0 Å². The van der Waals surface area contributed by atoms with Gasteiger partial charge in [0, 0.05) is 13.7 Å². The van der Waals surface area contributed by atoms with E-state index in [1.165, 1.54) is 7.11 Å². The number of amides is 1. The van der Waals surface area contributed by atoms with Gasteiger partial charge in [0.05, 0.1) is 30.5 Å². The predicted molar refractivity (Wildman–Crippen MR) is 73.3 cm³/mol. The quantitative estimate of drug-likeness (QED) is 0.841. The van der Waals surface area contributed by atoms with Gasteiger partial charge in [0.1, 0.15) is 0 Å². The molecule has 0 aliphatic carbocycles. The number of carbonyl (C=O) groups excluding carboxylic acids is 1. The molecule has 1 amide bonds. The van der Waals surface area contributed by atoms with Crippen molar-refractivity contribution in [2.45, 2.75) is 25.5 Å². The Morgan fingerprint density at radius 3 is 2.84 bits per heavy atom. The third-order valence-electron chi connectivity index (χ3n) is 3.63. The summed E-state index contributed by atoms with van der Waals surface area (Å²) in [5.74, 6) is 0.345. The largest absolute Gasteiger partial charge is 0.494 e. The van der Waals surface area contributed by atoms with E-state index in [2.05, 4.69) is 0 Å². The Kier molecular flexibility index (Phi) is 3.95. The third-order valence-corrected chi connectivity index (χ3v) is 3.63. The molecule has 0 radical (unpaired) electrons. The molecule has 1 aliphatic heterocycles. The summed E-state index contributed by atoms with van der Waals surface area (Å²) in [6, 6.07) is 5.30. The number of hydrogen-bond donors (Lipinski definition) is 1. The zero-order chi connectivity index (χ0) is 14.0. The summed E-state index contributed by atoms with van der Waals surface area (Å²) in [7, 11) is 3.31. The fraction of sp³-hybridized carbons (Fsp3) is 0.500. The van der Waals surface area contributed by atoms with Crippen LogP contribution in [0.3, 0.4) is 0 Å². The number of nitrogen functional groups attached to an aromatic ring is 1. The van der Waals surface area contributed by atoms with Gasteiger partial charge in [0.15, 0.2) is 5.75 Å². The first kappa shape index (κ1) is 13.7. The molecule has 5 heteroatoms. The Balaban J connectivity index is 2.26. The molecule has 19 heavy (non-hydrogen) atoms. The van der Waals surface area contributed by atoms with Gasteiger partial charge in [0.2, 0.25) is 0 Å². The van der Waals surface area contributed by atoms with Crippen molar-refractivity contribution in [3.8, 4) is 5.75 Å². The number of rotatable bonds is 3. The van der Waals surface area contributed by atoms with Crippen LogP contribution in [-0.2, 0) is 4.74 Å². The summed E-state index contributed by atoms with van der Waals surface area (Å²) >= 11 is 0. The van der Waals surface area contributed by atoms with Crippen molar-refractivity contribution in [2.24, 2.45) is 0 Å². The van der Waals surface area contributed by atoms with Crippen LogP contribution >= 0.6 is 0 Å². The molecule has 0 bridgehead atoms. The molecule has 2 atom stereocenters. The molecule has 2 rings (SSSR count). The topological polar surface area (TPSA) is 64.8 Å². The average molecular weight is 264 g/mol. The summed E-state index contributed by atoms with van der Waals surface area (Å²) in [4.78, 5) is 14.3. The van der Waals surface area contributed by atoms with Crippen molar-refractivity contribution < 1.29 is 14.3 Å². The molecule has 1 saturated heterocycles. The standard InChI is InChI=1S/C14H20N2O3/c1-9-12(7-8-19-9)16(2)14(17)10-5-4-6-11(15)13(10)18-3/h4-6,9,12H,7-8,15H2,1-3H3. The Morgan fingerprint density at radius 1 is 1.53 bits per heavy atom. The third kappa shape index (κ3) is 2.51. The highest BCUT2D eigenvalue weighted by atomic mass is 16.5. The van der Waals surface area contributed by atoms with E-state index in [0.29, 0.717) is 23.6 Å². The van der Waals surface area contributed by atoms with Gasteiger partial charge in [-0.15, -0.1) is 0 Å². The van der Waals surface area contributed by atoms with Crippen LogP contribution < -0.4 is 10.5 Å². The van der Waals surface area contributed by atoms with Crippen LogP contribution in [0.5, 0.6) is 5.75 Å². The SMILES string of the molecule is COc1c(N)cccc1C(=O)N(C)C1CCOC1C. The Morgan fingerprint density at radius 2 is 2.26 bits per heavy atom. The fourth-order valence-corrected chi connectivity index (χ4v) is 2.52. The molecule has 1 heterocycles. The molecule has 1 aliphatic rings. The molecule has 1 fully saturated rings. The lowest BCUT2D eigenvalue weighted by Gasteiger charge is -2.27. The average Bonchev–Trinajstić information content (AvgIpc) is 2.83. The van der Waals surface area contributed by atoms with Crippen LogP contribution in [0.1, 0.15) is 23.7 Å². The summed E-state index contributed by atoms with van der Waals surface area (Å²) in [5, 5.41) is 0. The van der Waals surface area contributed by atoms with Crippen molar-refractivity contribution in [3.63, 3.8) is 0 Å². The molecule has 0 aromatic heterocycles. The number of nitrogens with zero attached hydrogens (tertiary/aromatic N) is 1. The number of likely N-dealkylation sites (N-methyl/N-ethyl adjacent to an activating group) is 1. The van der Waals surface area contributed by atoms with Crippen molar-refractivity contribution in [3.05, 3.63) is 23.8 Å². The number of para-hydroxylation sites is 1. The molecule has 1 aromatic rings. The number of nitrogens with two attached hydrogens (primary N) is 1. The van der Waals surface area contributed by atoms with Crippen LogP contribution in [0, 0.1) is 0 Å². The van der Waals surface area contributed by atoms with Gasteiger partial charge in [-0.2, -0.15) is 0 Å². The van der Waals surface area contributed by atoms with Crippen LogP contribution in [0.2, 0.25) is 0 Å². The van der Waals surface area contributed by atoms with Crippen molar-refractivity contribution in [1.82, 2.24) is 4.90 Å². The zero-order valence-corrected chi connectivity index (χ0v) is 11.6. The van der Waals surface area contributed by atoms with E-state index < -0.39 is 0 Å². The van der Waals surface area contributed by atoms with Gasteiger partial charge in [-0.1, -0.05) is 6.07 Å². The highest BCUT2D eigenvalue weighted by Gasteiger charge is 2.32. The minimum Gasteiger partial charge on any atom is -0.494 e. The number of carbonyl (C=O) groups is 1. The van der Waals surface area contributed by atoms with Gasteiger partial charge in [0.25, 0.3) is 5.91 Å². The number of hydrogen-bond acceptors (Lipinski definition) is 4. The van der Waals surface area contributed by atoms with E-state index in [9.17, 15) is 4.79 Å². The first-order valence-electron chi connectivity index (χ1n) is 6.37. The Labute approximate surface area is 113 Å². The lowest BCUT2D eigenvalue weighted by atomic mass is 10.1. The molecule has 0 saturated carbocycles. The molecule has 5 nitrogen and oxygen atoms in total. The van der Waals surface area contributed by atoms with Crippen molar-refractivity contribution in [1.29, 1.82) is 0 Å². The second kappa shape index (κ2) is 5.48.